The van der Waals surface area contributed by atoms with E-state index in [1.165, 1.54) is 0 Å². The Hall–Kier alpha value is -3.06. The van der Waals surface area contributed by atoms with E-state index in [4.69, 9.17) is 4.74 Å². The Morgan fingerprint density at radius 2 is 2.00 bits per heavy atom. The molecule has 1 unspecified atom stereocenters. The minimum absolute atomic E-state index is 0.00474. The number of nitrogens with zero attached hydrogens (tertiary/aromatic N) is 3. The first kappa shape index (κ1) is 21.2. The molecule has 1 aliphatic rings. The number of para-hydroxylation sites is 1. The van der Waals surface area contributed by atoms with Crippen LogP contribution < -0.4 is 4.74 Å². The lowest BCUT2D eigenvalue weighted by Gasteiger charge is -2.39. The van der Waals surface area contributed by atoms with Gasteiger partial charge in [-0.15, -0.1) is 11.3 Å². The number of carbonyl (C=O) groups excluding carboxylic acids is 2. The number of piperazine rings is 1. The first-order valence-electron chi connectivity index (χ1n) is 10.5. The summed E-state index contributed by atoms with van der Waals surface area (Å²) in [7, 11) is 0. The molecule has 1 saturated heterocycles. The average molecular weight is 438 g/mol. The van der Waals surface area contributed by atoms with E-state index in [9.17, 15) is 9.59 Å². The van der Waals surface area contributed by atoms with Gasteiger partial charge in [0.05, 0.1) is 0 Å². The van der Waals surface area contributed by atoms with Crippen molar-refractivity contribution >= 4 is 33.4 Å². The number of thiophene rings is 1. The van der Waals surface area contributed by atoms with Gasteiger partial charge in [-0.2, -0.15) is 0 Å². The Bertz CT molecular complexity index is 1090. The fourth-order valence-electron chi connectivity index (χ4n) is 3.96. The lowest BCUT2D eigenvalue weighted by molar-refractivity contribution is -0.137. The minimum atomic E-state index is -0.0651. The molecule has 0 saturated carbocycles. The molecule has 0 N–H and O–H groups in total. The first-order chi connectivity index (χ1) is 15.1. The van der Waals surface area contributed by atoms with Crippen molar-refractivity contribution in [3.8, 4) is 5.75 Å². The third-order valence-electron chi connectivity index (χ3n) is 5.59. The Morgan fingerprint density at radius 3 is 2.74 bits per heavy atom. The van der Waals surface area contributed by atoms with Crippen molar-refractivity contribution in [2.75, 3.05) is 26.2 Å². The molecule has 1 aromatic carbocycles. The van der Waals surface area contributed by atoms with Crippen LogP contribution in [-0.2, 0) is 11.3 Å². The van der Waals surface area contributed by atoms with Crippen LogP contribution in [-0.4, -0.2) is 58.5 Å². The Kier molecular flexibility index (Phi) is 6.42. The molecule has 6 nitrogen and oxygen atoms in total. The number of aromatic nitrogens is 1. The van der Waals surface area contributed by atoms with Crippen molar-refractivity contribution in [2.45, 2.75) is 26.4 Å². The second-order valence-corrected chi connectivity index (χ2v) is 8.57. The number of benzene rings is 1. The van der Waals surface area contributed by atoms with Gasteiger partial charge in [-0.1, -0.05) is 30.4 Å². The summed E-state index contributed by atoms with van der Waals surface area (Å²) < 4.78 is 7.69. The zero-order valence-corrected chi connectivity index (χ0v) is 18.7. The number of ether oxygens (including phenoxy) is 1. The van der Waals surface area contributed by atoms with Crippen LogP contribution in [0.15, 0.2) is 60.0 Å². The molecule has 0 spiro atoms. The van der Waals surface area contributed by atoms with E-state index in [0.29, 0.717) is 37.6 Å². The Balaban J connectivity index is 1.41. The Morgan fingerprint density at radius 1 is 1.19 bits per heavy atom. The van der Waals surface area contributed by atoms with Crippen LogP contribution in [0.25, 0.3) is 10.2 Å². The number of fused-ring (bicyclic) bond motifs is 1. The molecule has 3 heterocycles. The van der Waals surface area contributed by atoms with Gasteiger partial charge in [-0.3, -0.25) is 9.59 Å². The summed E-state index contributed by atoms with van der Waals surface area (Å²) in [5.74, 6) is 0.645. The molecule has 31 heavy (non-hydrogen) atoms. The molecule has 1 atom stereocenters. The summed E-state index contributed by atoms with van der Waals surface area (Å²) in [4.78, 5) is 30.8. The molecule has 1 fully saturated rings. The van der Waals surface area contributed by atoms with Gasteiger partial charge in [0.2, 0.25) is 0 Å². The van der Waals surface area contributed by atoms with Gasteiger partial charge in [-0.25, -0.2) is 0 Å². The number of carbonyl (C=O) groups is 2. The number of amides is 2. The molecule has 2 amide bonds. The normalized spacial score (nSPS) is 16.9. The molecule has 0 bridgehead atoms. The summed E-state index contributed by atoms with van der Waals surface area (Å²) >= 11 is 1.65. The molecule has 3 aromatic rings. The van der Waals surface area contributed by atoms with E-state index in [-0.39, 0.29) is 24.5 Å². The lowest BCUT2D eigenvalue weighted by Crippen LogP contribution is -2.56. The smallest absolute Gasteiger partial charge is 0.270 e. The number of rotatable bonds is 6. The topological polar surface area (TPSA) is 54.8 Å². The fourth-order valence-corrected chi connectivity index (χ4v) is 4.87. The van der Waals surface area contributed by atoms with Crippen LogP contribution in [0, 0.1) is 0 Å². The van der Waals surface area contributed by atoms with Crippen LogP contribution in [0.4, 0.5) is 0 Å². The molecule has 2 aromatic heterocycles. The van der Waals surface area contributed by atoms with Crippen molar-refractivity contribution in [1.29, 1.82) is 0 Å². The van der Waals surface area contributed by atoms with Crippen molar-refractivity contribution in [2.24, 2.45) is 0 Å². The molecule has 162 valence electrons. The second-order valence-electron chi connectivity index (χ2n) is 7.68. The highest BCUT2D eigenvalue weighted by molar-refractivity contribution is 7.16. The van der Waals surface area contributed by atoms with Crippen LogP contribution in [0.5, 0.6) is 5.75 Å². The van der Waals surface area contributed by atoms with Gasteiger partial charge in [0.15, 0.2) is 6.61 Å². The predicted molar refractivity (Wildman–Crippen MR) is 124 cm³/mol. The van der Waals surface area contributed by atoms with E-state index in [0.717, 1.165) is 10.2 Å². The van der Waals surface area contributed by atoms with E-state index in [1.807, 2.05) is 66.1 Å². The average Bonchev–Trinajstić information content (AvgIpc) is 3.38. The number of hydrogen-bond acceptors (Lipinski definition) is 4. The third kappa shape index (κ3) is 4.51. The maximum absolute atomic E-state index is 13.3. The quantitative estimate of drug-likeness (QED) is 0.547. The standard InChI is InChI=1S/C24H27N3O3S/c1-3-4-11-27-21(15-19-10-14-31-24(19)27)23(29)25-12-13-26(18(2)16-25)22(28)17-30-20-8-6-5-7-9-20/h3-10,14-15,18H,11-13,16-17H2,1-2H3/b4-3-. The predicted octanol–water partition coefficient (Wildman–Crippen LogP) is 4.03. The number of allylic oxidation sites excluding steroid dienone is 2. The van der Waals surface area contributed by atoms with Gasteiger partial charge in [0.1, 0.15) is 16.3 Å². The highest BCUT2D eigenvalue weighted by atomic mass is 32.1. The summed E-state index contributed by atoms with van der Waals surface area (Å²) in [6.45, 7) is 6.18. The molecule has 0 radical (unpaired) electrons. The van der Waals surface area contributed by atoms with E-state index >= 15 is 0 Å². The minimum Gasteiger partial charge on any atom is -0.484 e. The van der Waals surface area contributed by atoms with Gasteiger partial charge < -0.3 is 19.1 Å². The maximum atomic E-state index is 13.3. The SMILES string of the molecule is C/C=C\Cn1c(C(=O)N2CCN(C(=O)COc3ccccc3)C(C)C2)cc2ccsc21. The summed E-state index contributed by atoms with van der Waals surface area (Å²) in [6.07, 6.45) is 4.06. The maximum Gasteiger partial charge on any atom is 0.270 e. The molecule has 1 aliphatic heterocycles. The van der Waals surface area contributed by atoms with Crippen molar-refractivity contribution in [3.63, 3.8) is 0 Å². The van der Waals surface area contributed by atoms with E-state index < -0.39 is 0 Å². The molecule has 4 rings (SSSR count). The third-order valence-corrected chi connectivity index (χ3v) is 6.54. The summed E-state index contributed by atoms with van der Waals surface area (Å²) in [5.41, 5.74) is 0.708. The fraction of sp³-hybridized carbons (Fsp3) is 0.333. The molecule has 7 heteroatoms. The van der Waals surface area contributed by atoms with Crippen LogP contribution in [0.1, 0.15) is 24.3 Å². The zero-order chi connectivity index (χ0) is 21.8. The van der Waals surface area contributed by atoms with E-state index in [1.54, 1.807) is 11.3 Å². The van der Waals surface area contributed by atoms with Crippen molar-refractivity contribution in [3.05, 3.63) is 65.7 Å². The van der Waals surface area contributed by atoms with Crippen LogP contribution in [0.2, 0.25) is 0 Å². The van der Waals surface area contributed by atoms with Gasteiger partial charge in [-0.05, 0) is 43.5 Å². The van der Waals surface area contributed by atoms with Crippen LogP contribution >= 0.6 is 11.3 Å². The number of hydrogen-bond donors (Lipinski definition) is 0. The first-order valence-corrected chi connectivity index (χ1v) is 11.4. The lowest BCUT2D eigenvalue weighted by atomic mass is 10.1. The largest absolute Gasteiger partial charge is 0.484 e. The highest BCUT2D eigenvalue weighted by Gasteiger charge is 2.31. The summed E-state index contributed by atoms with van der Waals surface area (Å²) in [6, 6.07) is 13.3. The van der Waals surface area contributed by atoms with Crippen LogP contribution in [0.3, 0.4) is 0 Å². The van der Waals surface area contributed by atoms with Crippen molar-refractivity contribution in [1.82, 2.24) is 14.4 Å². The van der Waals surface area contributed by atoms with Gasteiger partial charge >= 0.3 is 0 Å². The molecular formula is C24H27N3O3S. The summed E-state index contributed by atoms with van der Waals surface area (Å²) in [5, 5.41) is 3.15. The zero-order valence-electron chi connectivity index (χ0n) is 17.9. The highest BCUT2D eigenvalue weighted by Crippen LogP contribution is 2.27. The van der Waals surface area contributed by atoms with Gasteiger partial charge in [0, 0.05) is 37.6 Å². The monoisotopic (exact) mass is 437 g/mol. The van der Waals surface area contributed by atoms with E-state index in [2.05, 4.69) is 22.1 Å². The van der Waals surface area contributed by atoms with Crippen molar-refractivity contribution < 1.29 is 14.3 Å². The second kappa shape index (κ2) is 9.39. The molecule has 0 aliphatic carbocycles. The van der Waals surface area contributed by atoms with Gasteiger partial charge in [0.25, 0.3) is 11.8 Å². The molecular weight excluding hydrogens is 410 g/mol. The Labute approximate surface area is 186 Å².